The molecule has 0 N–H and O–H groups in total. The van der Waals surface area contributed by atoms with E-state index in [0.29, 0.717) is 0 Å². The van der Waals surface area contributed by atoms with E-state index in [-0.39, 0.29) is 0 Å². The summed E-state index contributed by atoms with van der Waals surface area (Å²) in [5, 5.41) is 5.23. The number of hydrogen-bond donors (Lipinski definition) is 0. The molecule has 2 nitrogen and oxygen atoms in total. The zero-order valence-corrected chi connectivity index (χ0v) is 31.0. The van der Waals surface area contributed by atoms with E-state index in [9.17, 15) is 0 Å². The summed E-state index contributed by atoms with van der Waals surface area (Å²) in [4.78, 5) is 2.40. The zero-order chi connectivity index (χ0) is 36.3. The molecule has 0 unspecified atom stereocenters. The molecule has 2 heterocycles. The van der Waals surface area contributed by atoms with Crippen LogP contribution in [0.3, 0.4) is 0 Å². The molecule has 0 amide bonds. The third-order valence-corrected chi connectivity index (χ3v) is 12.4. The van der Waals surface area contributed by atoms with E-state index in [1.807, 2.05) is 11.3 Å². The summed E-state index contributed by atoms with van der Waals surface area (Å²) in [5.74, 6) is 0. The second kappa shape index (κ2) is 13.0. The second-order valence-corrected chi connectivity index (χ2v) is 15.5. The minimum absolute atomic E-state index is 1.09. The summed E-state index contributed by atoms with van der Waals surface area (Å²) in [5.41, 5.74) is 14.6. The molecule has 0 saturated carbocycles. The lowest BCUT2D eigenvalue weighted by molar-refractivity contribution is 0.989. The molecule has 0 atom stereocenters. The highest BCUT2D eigenvalue weighted by Crippen LogP contribution is 2.43. The van der Waals surface area contributed by atoms with E-state index >= 15 is 0 Å². The van der Waals surface area contributed by atoms with Gasteiger partial charge in [0.25, 0.3) is 0 Å². The van der Waals surface area contributed by atoms with Crippen molar-refractivity contribution in [3.8, 4) is 27.9 Å². The van der Waals surface area contributed by atoms with E-state index < -0.39 is 0 Å². The highest BCUT2D eigenvalue weighted by molar-refractivity contribution is 7.25. The van der Waals surface area contributed by atoms with Gasteiger partial charge >= 0.3 is 0 Å². The number of rotatable bonds is 6. The lowest BCUT2D eigenvalue weighted by atomic mass is 9.93. The molecule has 0 fully saturated rings. The van der Waals surface area contributed by atoms with Crippen molar-refractivity contribution in [1.29, 1.82) is 0 Å². The van der Waals surface area contributed by atoms with Crippen LogP contribution in [0.25, 0.3) is 76.0 Å². The van der Waals surface area contributed by atoms with Crippen molar-refractivity contribution in [2.75, 3.05) is 4.90 Å². The fourth-order valence-corrected chi connectivity index (χ4v) is 9.71. The number of thiophene rings is 1. The van der Waals surface area contributed by atoms with Gasteiger partial charge in [-0.2, -0.15) is 0 Å². The van der Waals surface area contributed by atoms with Gasteiger partial charge in [-0.1, -0.05) is 121 Å². The standard InChI is InChI=1S/C52H36N2S/c1-3-12-35(13-4-1)38-15-11-18-42(32-38)53(43-28-31-51-47(34-43)45-20-9-10-21-50(45)55-51)41-26-22-36(23-27-41)39-24-29-46-49(33-39)54(40-16-5-2-6-17-40)48-30-25-37-14-7-8-19-44(37)52(46)48/h1-6,8-13,15-34H,7,14H2. The van der Waals surface area contributed by atoms with Gasteiger partial charge in [0.15, 0.2) is 0 Å². The molecule has 55 heavy (non-hydrogen) atoms. The fraction of sp³-hybridized carbons (Fsp3) is 0.0385. The highest BCUT2D eigenvalue weighted by atomic mass is 32.1. The Kier molecular flexibility index (Phi) is 7.53. The average molecular weight is 721 g/mol. The first-order valence-electron chi connectivity index (χ1n) is 19.1. The van der Waals surface area contributed by atoms with Crippen LogP contribution < -0.4 is 4.90 Å². The van der Waals surface area contributed by atoms with Crippen molar-refractivity contribution in [1.82, 2.24) is 4.57 Å². The Morgan fingerprint density at radius 1 is 0.455 bits per heavy atom. The van der Waals surface area contributed by atoms with Gasteiger partial charge in [-0.15, -0.1) is 11.3 Å². The Labute approximate surface area is 324 Å². The SMILES string of the molecule is C1=Cc2c(ccc3c2c2ccc(-c4ccc(N(c5cccc(-c6ccccc6)c5)c5ccc6sc7ccccc7c6c5)cc4)cc2n3-c2ccccc2)CC1. The second-order valence-electron chi connectivity index (χ2n) is 14.5. The largest absolute Gasteiger partial charge is 0.310 e. The maximum Gasteiger partial charge on any atom is 0.0547 e. The quantitative estimate of drug-likeness (QED) is 0.166. The number of anilines is 3. The van der Waals surface area contributed by atoms with E-state index in [0.717, 1.165) is 29.9 Å². The van der Waals surface area contributed by atoms with E-state index in [1.165, 1.54) is 81.0 Å². The molecule has 11 rings (SSSR count). The third kappa shape index (κ3) is 5.39. The smallest absolute Gasteiger partial charge is 0.0547 e. The maximum absolute atomic E-state index is 2.44. The van der Waals surface area contributed by atoms with Gasteiger partial charge in [0.05, 0.1) is 11.0 Å². The minimum atomic E-state index is 1.09. The summed E-state index contributed by atoms with van der Waals surface area (Å²) in [6.45, 7) is 0. The number of nitrogens with zero attached hydrogens (tertiary/aromatic N) is 2. The Bertz CT molecular complexity index is 3080. The van der Waals surface area contributed by atoms with Crippen molar-refractivity contribution >= 4 is 76.5 Å². The van der Waals surface area contributed by atoms with E-state index in [1.54, 1.807) is 0 Å². The first kappa shape index (κ1) is 31.8. The van der Waals surface area contributed by atoms with Crippen LogP contribution in [-0.2, 0) is 6.42 Å². The molecular weight excluding hydrogens is 685 g/mol. The summed E-state index contributed by atoms with van der Waals surface area (Å²) in [6, 6.07) is 66.8. The summed E-state index contributed by atoms with van der Waals surface area (Å²) < 4.78 is 5.06. The van der Waals surface area contributed by atoms with Gasteiger partial charge in [0.1, 0.15) is 0 Å². The Morgan fingerprint density at radius 3 is 2.02 bits per heavy atom. The highest BCUT2D eigenvalue weighted by Gasteiger charge is 2.20. The van der Waals surface area contributed by atoms with E-state index in [2.05, 4.69) is 204 Å². The molecule has 1 aliphatic rings. The van der Waals surface area contributed by atoms with Gasteiger partial charge in [0, 0.05) is 53.7 Å². The first-order chi connectivity index (χ1) is 27.3. The number of hydrogen-bond acceptors (Lipinski definition) is 2. The molecular formula is C52H36N2S. The Balaban J connectivity index is 1.05. The molecule has 0 bridgehead atoms. The zero-order valence-electron chi connectivity index (χ0n) is 30.2. The molecule has 0 saturated heterocycles. The monoisotopic (exact) mass is 720 g/mol. The predicted octanol–water partition coefficient (Wildman–Crippen LogP) is 14.9. The van der Waals surface area contributed by atoms with Crippen LogP contribution in [0.1, 0.15) is 17.5 Å². The van der Waals surface area contributed by atoms with Crippen LogP contribution in [0.5, 0.6) is 0 Å². The predicted molar refractivity (Wildman–Crippen MR) is 237 cm³/mol. The minimum Gasteiger partial charge on any atom is -0.310 e. The summed E-state index contributed by atoms with van der Waals surface area (Å²) >= 11 is 1.86. The molecule has 0 spiro atoms. The lowest BCUT2D eigenvalue weighted by Crippen LogP contribution is -2.10. The van der Waals surface area contributed by atoms with Gasteiger partial charge in [-0.3, -0.25) is 0 Å². The van der Waals surface area contributed by atoms with Crippen molar-refractivity contribution in [3.63, 3.8) is 0 Å². The lowest BCUT2D eigenvalue weighted by Gasteiger charge is -2.26. The maximum atomic E-state index is 2.44. The van der Waals surface area contributed by atoms with Crippen molar-refractivity contribution in [2.45, 2.75) is 12.8 Å². The average Bonchev–Trinajstić information content (AvgIpc) is 3.80. The van der Waals surface area contributed by atoms with Crippen LogP contribution in [0.2, 0.25) is 0 Å². The number of para-hydroxylation sites is 1. The Morgan fingerprint density at radius 2 is 1.15 bits per heavy atom. The van der Waals surface area contributed by atoms with Gasteiger partial charge in [-0.05, 0) is 119 Å². The number of benzene rings is 8. The van der Waals surface area contributed by atoms with Crippen LogP contribution >= 0.6 is 11.3 Å². The topological polar surface area (TPSA) is 8.17 Å². The van der Waals surface area contributed by atoms with Crippen LogP contribution in [0.15, 0.2) is 188 Å². The normalized spacial score (nSPS) is 12.5. The van der Waals surface area contributed by atoms with Gasteiger partial charge in [0.2, 0.25) is 0 Å². The third-order valence-electron chi connectivity index (χ3n) is 11.2. The summed E-state index contributed by atoms with van der Waals surface area (Å²) in [7, 11) is 0. The van der Waals surface area contributed by atoms with Crippen molar-refractivity contribution in [3.05, 3.63) is 199 Å². The molecule has 260 valence electrons. The van der Waals surface area contributed by atoms with Crippen molar-refractivity contribution in [2.24, 2.45) is 0 Å². The molecule has 0 radical (unpaired) electrons. The summed E-state index contributed by atoms with van der Waals surface area (Å²) in [6.07, 6.45) is 6.86. The number of aromatic nitrogens is 1. The van der Waals surface area contributed by atoms with Gasteiger partial charge < -0.3 is 9.47 Å². The molecule has 10 aromatic rings. The number of aryl methyl sites for hydroxylation is 1. The molecule has 8 aromatic carbocycles. The number of fused-ring (bicyclic) bond motifs is 8. The van der Waals surface area contributed by atoms with Crippen LogP contribution in [-0.4, -0.2) is 4.57 Å². The van der Waals surface area contributed by atoms with Gasteiger partial charge in [-0.25, -0.2) is 0 Å². The molecule has 0 aliphatic heterocycles. The van der Waals surface area contributed by atoms with E-state index in [4.69, 9.17) is 0 Å². The number of allylic oxidation sites excluding steroid dienone is 1. The molecule has 3 heteroatoms. The van der Waals surface area contributed by atoms with Crippen LogP contribution in [0, 0.1) is 0 Å². The van der Waals surface area contributed by atoms with Crippen LogP contribution in [0.4, 0.5) is 17.1 Å². The molecule has 1 aliphatic carbocycles. The first-order valence-corrected chi connectivity index (χ1v) is 19.9. The Hall–Kier alpha value is -6.68. The van der Waals surface area contributed by atoms with Crippen molar-refractivity contribution < 1.29 is 0 Å². The fourth-order valence-electron chi connectivity index (χ4n) is 8.62. The molecule has 2 aromatic heterocycles.